The Morgan fingerprint density at radius 2 is 1.76 bits per heavy atom. The number of halogens is 3. The molecule has 1 saturated heterocycles. The molecule has 0 radical (unpaired) electrons. The van der Waals surface area contributed by atoms with Crippen LogP contribution >= 0.6 is 0 Å². The number of imidazole rings is 1. The van der Waals surface area contributed by atoms with Gasteiger partial charge in [0.2, 0.25) is 0 Å². The highest BCUT2D eigenvalue weighted by molar-refractivity contribution is 5.94. The van der Waals surface area contributed by atoms with E-state index in [4.69, 9.17) is 0 Å². The lowest BCUT2D eigenvalue weighted by molar-refractivity contribution is -0.274. The first-order valence-corrected chi connectivity index (χ1v) is 12.4. The van der Waals surface area contributed by atoms with Crippen LogP contribution < -0.4 is 10.4 Å². The largest absolute Gasteiger partial charge is 0.573 e. The molecule has 3 aromatic rings. The summed E-state index contributed by atoms with van der Waals surface area (Å²) in [4.78, 5) is 46.5. The summed E-state index contributed by atoms with van der Waals surface area (Å²) >= 11 is 0. The van der Waals surface area contributed by atoms with Crippen LogP contribution in [0.15, 0.2) is 41.3 Å². The fraction of sp³-hybridized carbons (Fsp3) is 0.462. The van der Waals surface area contributed by atoms with Gasteiger partial charge in [0.05, 0.1) is 5.52 Å². The number of amides is 1. The molecular formula is C26H27F3N4O4. The zero-order chi connectivity index (χ0) is 26.2. The fourth-order valence-corrected chi connectivity index (χ4v) is 5.40. The number of H-pyrrole nitrogens is 1. The van der Waals surface area contributed by atoms with Gasteiger partial charge in [0.15, 0.2) is 5.65 Å². The number of carbonyl (C=O) groups is 2. The SMILES string of the molecule is O=C1CCC[C@@H](c2cnc3[nH]c(=O)n(C4CCN(C(=O)c5ccc(OC(F)(F)F)cc5)CC4)c3c2)CC1. The van der Waals surface area contributed by atoms with Crippen molar-refractivity contribution in [2.75, 3.05) is 13.1 Å². The third-order valence-electron chi connectivity index (χ3n) is 7.30. The van der Waals surface area contributed by atoms with Gasteiger partial charge in [-0.3, -0.25) is 19.1 Å². The second-order valence-electron chi connectivity index (χ2n) is 9.70. The Bertz CT molecular complexity index is 1350. The summed E-state index contributed by atoms with van der Waals surface area (Å²) in [5.74, 6) is -0.142. The van der Waals surface area contributed by atoms with Crippen LogP contribution in [-0.4, -0.2) is 50.6 Å². The zero-order valence-corrected chi connectivity index (χ0v) is 20.1. The summed E-state index contributed by atoms with van der Waals surface area (Å²) in [6.07, 6.45) is 1.82. The van der Waals surface area contributed by atoms with E-state index in [1.54, 1.807) is 15.7 Å². The predicted octanol–water partition coefficient (Wildman–Crippen LogP) is 4.72. The van der Waals surface area contributed by atoms with Crippen LogP contribution in [0.4, 0.5) is 13.2 Å². The van der Waals surface area contributed by atoms with E-state index >= 15 is 0 Å². The molecule has 2 fully saturated rings. The monoisotopic (exact) mass is 516 g/mol. The number of fused-ring (bicyclic) bond motifs is 1. The van der Waals surface area contributed by atoms with Crippen LogP contribution in [0, 0.1) is 0 Å². The molecule has 1 aliphatic carbocycles. The number of ketones is 1. The van der Waals surface area contributed by atoms with Crippen LogP contribution in [0.2, 0.25) is 0 Å². The standard InChI is InChI=1S/C26H27F3N4O4/c27-26(28,29)37-21-8-5-17(6-9-21)24(35)32-12-10-19(11-13-32)33-22-14-18(15-30-23(22)31-25(33)36)16-2-1-3-20(34)7-4-16/h5-6,8-9,14-16,19H,1-4,7,10-13H2,(H,30,31,36)/t16-/m1/s1. The van der Waals surface area contributed by atoms with Gasteiger partial charge in [0, 0.05) is 43.7 Å². The third-order valence-corrected chi connectivity index (χ3v) is 7.30. The number of hydrogen-bond acceptors (Lipinski definition) is 5. The Kier molecular flexibility index (Phi) is 6.78. The summed E-state index contributed by atoms with van der Waals surface area (Å²) in [5, 5.41) is 0. The Morgan fingerprint density at radius 3 is 2.46 bits per heavy atom. The molecule has 0 spiro atoms. The molecular weight excluding hydrogens is 489 g/mol. The molecule has 37 heavy (non-hydrogen) atoms. The zero-order valence-electron chi connectivity index (χ0n) is 20.1. The average molecular weight is 517 g/mol. The maximum absolute atomic E-state index is 12.9. The third kappa shape index (κ3) is 5.55. The highest BCUT2D eigenvalue weighted by Crippen LogP contribution is 2.32. The maximum atomic E-state index is 12.9. The molecule has 1 aromatic carbocycles. The minimum Gasteiger partial charge on any atom is -0.406 e. The number of carbonyl (C=O) groups excluding carboxylic acids is 2. The second kappa shape index (κ2) is 10.0. The summed E-state index contributed by atoms with van der Waals surface area (Å²) < 4.78 is 42.7. The first-order chi connectivity index (χ1) is 17.7. The molecule has 1 N–H and O–H groups in total. The first kappa shape index (κ1) is 25.0. The molecule has 0 unspecified atom stereocenters. The number of Topliss-reactive ketones (excluding diaryl/α,β-unsaturated/α-hetero) is 1. The van der Waals surface area contributed by atoms with Crippen molar-refractivity contribution in [2.24, 2.45) is 0 Å². The molecule has 11 heteroatoms. The number of pyridine rings is 1. The van der Waals surface area contributed by atoms with Crippen LogP contribution in [0.1, 0.15) is 72.8 Å². The highest BCUT2D eigenvalue weighted by Gasteiger charge is 2.31. The number of hydrogen-bond donors (Lipinski definition) is 1. The van der Waals surface area contributed by atoms with E-state index in [-0.39, 0.29) is 34.9 Å². The van der Waals surface area contributed by atoms with E-state index in [0.29, 0.717) is 50.2 Å². The summed E-state index contributed by atoms with van der Waals surface area (Å²) in [5.41, 5.74) is 2.29. The topological polar surface area (TPSA) is 97.3 Å². The normalized spacial score (nSPS) is 19.7. The van der Waals surface area contributed by atoms with E-state index < -0.39 is 6.36 Å². The first-order valence-electron chi connectivity index (χ1n) is 12.4. The minimum atomic E-state index is -4.79. The van der Waals surface area contributed by atoms with Crippen LogP contribution in [-0.2, 0) is 4.79 Å². The Morgan fingerprint density at radius 1 is 1.03 bits per heavy atom. The minimum absolute atomic E-state index is 0.124. The molecule has 8 nitrogen and oxygen atoms in total. The molecule has 1 aliphatic heterocycles. The smallest absolute Gasteiger partial charge is 0.406 e. The fourth-order valence-electron chi connectivity index (χ4n) is 5.40. The lowest BCUT2D eigenvalue weighted by atomic mass is 9.93. The maximum Gasteiger partial charge on any atom is 0.573 e. The van der Waals surface area contributed by atoms with Gasteiger partial charge >= 0.3 is 12.1 Å². The van der Waals surface area contributed by atoms with Gasteiger partial charge in [-0.15, -0.1) is 13.2 Å². The van der Waals surface area contributed by atoms with Gasteiger partial charge in [0.25, 0.3) is 5.91 Å². The highest BCUT2D eigenvalue weighted by atomic mass is 19.4. The lowest BCUT2D eigenvalue weighted by Crippen LogP contribution is -2.40. The van der Waals surface area contributed by atoms with Crippen LogP contribution in [0.3, 0.4) is 0 Å². The molecule has 2 aliphatic rings. The summed E-state index contributed by atoms with van der Waals surface area (Å²) in [6, 6.07) is 6.74. The molecule has 0 bridgehead atoms. The van der Waals surface area contributed by atoms with Crippen LogP contribution in [0.25, 0.3) is 11.2 Å². The van der Waals surface area contributed by atoms with Crippen molar-refractivity contribution in [2.45, 2.75) is 63.3 Å². The number of likely N-dealkylation sites (tertiary alicyclic amines) is 1. The number of aromatic amines is 1. The van der Waals surface area contributed by atoms with Crippen molar-refractivity contribution in [3.63, 3.8) is 0 Å². The molecule has 5 rings (SSSR count). The number of alkyl halides is 3. The number of nitrogens with one attached hydrogen (secondary N) is 1. The van der Waals surface area contributed by atoms with E-state index in [2.05, 4.69) is 14.7 Å². The Hall–Kier alpha value is -3.63. The number of ether oxygens (including phenoxy) is 1. The molecule has 3 heterocycles. The van der Waals surface area contributed by atoms with E-state index in [9.17, 15) is 27.6 Å². The van der Waals surface area contributed by atoms with Crippen molar-refractivity contribution < 1.29 is 27.5 Å². The van der Waals surface area contributed by atoms with Gasteiger partial charge in [-0.25, -0.2) is 9.78 Å². The van der Waals surface area contributed by atoms with Crippen molar-refractivity contribution in [3.05, 3.63) is 58.1 Å². The number of benzene rings is 1. The van der Waals surface area contributed by atoms with E-state index in [0.717, 1.165) is 42.5 Å². The van der Waals surface area contributed by atoms with Gasteiger partial charge in [-0.1, -0.05) is 0 Å². The number of rotatable bonds is 4. The van der Waals surface area contributed by atoms with Gasteiger partial charge < -0.3 is 9.64 Å². The predicted molar refractivity (Wildman–Crippen MR) is 128 cm³/mol. The van der Waals surface area contributed by atoms with E-state index in [1.807, 2.05) is 6.07 Å². The van der Waals surface area contributed by atoms with Gasteiger partial charge in [0.1, 0.15) is 11.5 Å². The van der Waals surface area contributed by atoms with Crippen LogP contribution in [0.5, 0.6) is 5.75 Å². The molecule has 1 atom stereocenters. The molecule has 2 aromatic heterocycles. The average Bonchev–Trinajstić information content (AvgIpc) is 3.03. The number of aromatic nitrogens is 3. The van der Waals surface area contributed by atoms with Crippen molar-refractivity contribution in [1.29, 1.82) is 0 Å². The summed E-state index contributed by atoms with van der Waals surface area (Å²) in [6.45, 7) is 0.808. The number of piperidine rings is 1. The molecule has 1 saturated carbocycles. The van der Waals surface area contributed by atoms with Crippen molar-refractivity contribution >= 4 is 22.9 Å². The van der Waals surface area contributed by atoms with E-state index in [1.165, 1.54) is 12.1 Å². The molecule has 196 valence electrons. The lowest BCUT2D eigenvalue weighted by Gasteiger charge is -2.32. The van der Waals surface area contributed by atoms with Gasteiger partial charge in [-0.05, 0) is 73.9 Å². The summed E-state index contributed by atoms with van der Waals surface area (Å²) in [7, 11) is 0. The quantitative estimate of drug-likeness (QED) is 0.507. The second-order valence-corrected chi connectivity index (χ2v) is 9.70. The number of nitrogens with zero attached hydrogens (tertiary/aromatic N) is 3. The van der Waals surface area contributed by atoms with Crippen molar-refractivity contribution in [3.8, 4) is 5.75 Å². The van der Waals surface area contributed by atoms with Crippen molar-refractivity contribution in [1.82, 2.24) is 19.4 Å². The Balaban J connectivity index is 1.28. The Labute approximate surface area is 210 Å². The van der Waals surface area contributed by atoms with Gasteiger partial charge in [-0.2, -0.15) is 0 Å². The molecule has 1 amide bonds.